The van der Waals surface area contributed by atoms with Crippen LogP contribution in [0.1, 0.15) is 5.56 Å². The molecule has 1 rings (SSSR count). The number of guanidine groups is 1. The van der Waals surface area contributed by atoms with E-state index in [1.165, 1.54) is 12.1 Å². The van der Waals surface area contributed by atoms with E-state index in [1.807, 2.05) is 0 Å². The van der Waals surface area contributed by atoms with Crippen LogP contribution in [-0.2, 0) is 11.3 Å². The standard InChI is InChI=1S/C10H13FN4O2/c11-4-9(17)15-7-2-1-6(3-8(7)16)5-14-10(12)13/h1-3,16H,4-5H2,(H,15,17)(H4,12,13,14). The number of amides is 1. The molecule has 0 aliphatic heterocycles. The SMILES string of the molecule is N=C(N)NCc1ccc(NC(=O)CF)c(O)c1. The van der Waals surface area contributed by atoms with Gasteiger partial charge in [-0.2, -0.15) is 0 Å². The molecular weight excluding hydrogens is 227 g/mol. The second-order valence-corrected chi connectivity index (χ2v) is 3.30. The largest absolute Gasteiger partial charge is 0.506 e. The van der Waals surface area contributed by atoms with Crippen molar-refractivity contribution in [3.05, 3.63) is 23.8 Å². The number of nitrogens with one attached hydrogen (secondary N) is 3. The molecule has 92 valence electrons. The third kappa shape index (κ3) is 3.98. The first kappa shape index (κ1) is 12.8. The van der Waals surface area contributed by atoms with Crippen LogP contribution in [-0.4, -0.2) is 23.6 Å². The number of alkyl halides is 1. The monoisotopic (exact) mass is 240 g/mol. The molecule has 6 nitrogen and oxygen atoms in total. The van der Waals surface area contributed by atoms with E-state index in [4.69, 9.17) is 11.1 Å². The number of nitrogens with two attached hydrogens (primary N) is 1. The average Bonchev–Trinajstić information content (AvgIpc) is 2.29. The maximum atomic E-state index is 12.0. The fourth-order valence-corrected chi connectivity index (χ4v) is 1.17. The maximum Gasteiger partial charge on any atom is 0.255 e. The highest BCUT2D eigenvalue weighted by molar-refractivity contribution is 5.93. The smallest absolute Gasteiger partial charge is 0.255 e. The molecule has 0 fully saturated rings. The summed E-state index contributed by atoms with van der Waals surface area (Å²) in [5.41, 5.74) is 5.92. The summed E-state index contributed by atoms with van der Waals surface area (Å²) in [6, 6.07) is 4.45. The fourth-order valence-electron chi connectivity index (χ4n) is 1.17. The Kier molecular flexibility index (Phi) is 4.27. The number of anilines is 1. The number of phenols is 1. The predicted octanol–water partition coefficient (Wildman–Crippen LogP) is 0.283. The highest BCUT2D eigenvalue weighted by Crippen LogP contribution is 2.24. The molecule has 1 aromatic rings. The summed E-state index contributed by atoms with van der Waals surface area (Å²) in [5, 5.41) is 21.3. The van der Waals surface area contributed by atoms with Crippen molar-refractivity contribution in [2.75, 3.05) is 12.0 Å². The van der Waals surface area contributed by atoms with Crippen molar-refractivity contribution in [3.8, 4) is 5.75 Å². The number of hydrogen-bond donors (Lipinski definition) is 5. The lowest BCUT2D eigenvalue weighted by atomic mass is 10.2. The van der Waals surface area contributed by atoms with Gasteiger partial charge in [0.15, 0.2) is 12.6 Å². The topological polar surface area (TPSA) is 111 Å². The molecule has 17 heavy (non-hydrogen) atoms. The third-order valence-electron chi connectivity index (χ3n) is 1.94. The van der Waals surface area contributed by atoms with Gasteiger partial charge in [0.25, 0.3) is 5.91 Å². The Morgan fingerprint density at radius 3 is 2.76 bits per heavy atom. The maximum absolute atomic E-state index is 12.0. The molecule has 6 N–H and O–H groups in total. The molecule has 0 unspecified atom stereocenters. The molecule has 1 aromatic carbocycles. The third-order valence-corrected chi connectivity index (χ3v) is 1.94. The Bertz CT molecular complexity index is 436. The van der Waals surface area contributed by atoms with Gasteiger partial charge in [0.1, 0.15) is 5.75 Å². The minimum atomic E-state index is -1.15. The van der Waals surface area contributed by atoms with Gasteiger partial charge < -0.3 is 21.5 Å². The van der Waals surface area contributed by atoms with Gasteiger partial charge in [-0.1, -0.05) is 6.07 Å². The lowest BCUT2D eigenvalue weighted by molar-refractivity contribution is -0.117. The van der Waals surface area contributed by atoms with Gasteiger partial charge in [-0.3, -0.25) is 10.2 Å². The minimum absolute atomic E-state index is 0.138. The highest BCUT2D eigenvalue weighted by Gasteiger charge is 2.06. The lowest BCUT2D eigenvalue weighted by Crippen LogP contribution is -2.29. The van der Waals surface area contributed by atoms with E-state index in [-0.39, 0.29) is 23.9 Å². The van der Waals surface area contributed by atoms with E-state index in [0.717, 1.165) is 0 Å². The van der Waals surface area contributed by atoms with Crippen LogP contribution < -0.4 is 16.4 Å². The van der Waals surface area contributed by atoms with Crippen molar-refractivity contribution in [2.24, 2.45) is 5.73 Å². The zero-order valence-corrected chi connectivity index (χ0v) is 8.96. The first-order valence-corrected chi connectivity index (χ1v) is 4.78. The van der Waals surface area contributed by atoms with Crippen molar-refractivity contribution in [3.63, 3.8) is 0 Å². The molecule has 0 aliphatic carbocycles. The Hall–Kier alpha value is -2.31. The summed E-state index contributed by atoms with van der Waals surface area (Å²) >= 11 is 0. The van der Waals surface area contributed by atoms with E-state index in [2.05, 4.69) is 10.6 Å². The number of phenolic OH excluding ortho intramolecular Hbond substituents is 1. The number of rotatable bonds is 4. The molecule has 0 saturated heterocycles. The van der Waals surface area contributed by atoms with Crippen LogP contribution in [0.15, 0.2) is 18.2 Å². The molecular formula is C10H13FN4O2. The zero-order chi connectivity index (χ0) is 12.8. The fraction of sp³-hybridized carbons (Fsp3) is 0.200. The highest BCUT2D eigenvalue weighted by atomic mass is 19.1. The van der Waals surface area contributed by atoms with Crippen LogP contribution in [0.2, 0.25) is 0 Å². The van der Waals surface area contributed by atoms with E-state index in [9.17, 15) is 14.3 Å². The van der Waals surface area contributed by atoms with Crippen LogP contribution in [0.3, 0.4) is 0 Å². The van der Waals surface area contributed by atoms with Gasteiger partial charge in [-0.05, 0) is 17.7 Å². The molecule has 0 radical (unpaired) electrons. The lowest BCUT2D eigenvalue weighted by Gasteiger charge is -2.08. The molecule has 0 spiro atoms. The van der Waals surface area contributed by atoms with Crippen molar-refractivity contribution < 1.29 is 14.3 Å². The summed E-state index contributed by atoms with van der Waals surface area (Å²) in [5.74, 6) is -1.18. The van der Waals surface area contributed by atoms with Crippen LogP contribution in [0.4, 0.5) is 10.1 Å². The number of hydrogen-bond acceptors (Lipinski definition) is 3. The second kappa shape index (κ2) is 5.69. The Morgan fingerprint density at radius 1 is 1.53 bits per heavy atom. The van der Waals surface area contributed by atoms with Crippen LogP contribution in [0.25, 0.3) is 0 Å². The first-order valence-electron chi connectivity index (χ1n) is 4.78. The van der Waals surface area contributed by atoms with Gasteiger partial charge in [0.05, 0.1) is 5.69 Å². The van der Waals surface area contributed by atoms with Crippen molar-refractivity contribution in [1.29, 1.82) is 5.41 Å². The van der Waals surface area contributed by atoms with Gasteiger partial charge in [-0.25, -0.2) is 4.39 Å². The summed E-state index contributed by atoms with van der Waals surface area (Å²) < 4.78 is 12.0. The van der Waals surface area contributed by atoms with Gasteiger partial charge in [0.2, 0.25) is 0 Å². The van der Waals surface area contributed by atoms with E-state index >= 15 is 0 Å². The number of aromatic hydroxyl groups is 1. The summed E-state index contributed by atoms with van der Waals surface area (Å²) in [4.78, 5) is 10.8. The van der Waals surface area contributed by atoms with E-state index in [0.29, 0.717) is 5.56 Å². The summed E-state index contributed by atoms with van der Waals surface area (Å²) in [7, 11) is 0. The van der Waals surface area contributed by atoms with Crippen LogP contribution >= 0.6 is 0 Å². The molecule has 0 saturated carbocycles. The van der Waals surface area contributed by atoms with Gasteiger partial charge >= 0.3 is 0 Å². The molecule has 0 heterocycles. The summed E-state index contributed by atoms with van der Waals surface area (Å²) in [6.45, 7) is -0.868. The number of carbonyl (C=O) groups is 1. The van der Waals surface area contributed by atoms with E-state index < -0.39 is 12.6 Å². The van der Waals surface area contributed by atoms with Crippen molar-refractivity contribution in [2.45, 2.75) is 6.54 Å². The molecule has 0 aliphatic rings. The first-order chi connectivity index (χ1) is 8.02. The second-order valence-electron chi connectivity index (χ2n) is 3.30. The van der Waals surface area contributed by atoms with Crippen LogP contribution in [0, 0.1) is 5.41 Å². The Labute approximate surface area is 97.1 Å². The van der Waals surface area contributed by atoms with Crippen LogP contribution in [0.5, 0.6) is 5.75 Å². The minimum Gasteiger partial charge on any atom is -0.506 e. The van der Waals surface area contributed by atoms with Crippen molar-refractivity contribution in [1.82, 2.24) is 5.32 Å². The molecule has 0 bridgehead atoms. The Morgan fingerprint density at radius 2 is 2.24 bits per heavy atom. The molecule has 0 aromatic heterocycles. The quantitative estimate of drug-likeness (QED) is 0.296. The normalized spacial score (nSPS) is 9.71. The number of benzene rings is 1. The Balaban J connectivity index is 2.72. The zero-order valence-electron chi connectivity index (χ0n) is 8.96. The molecule has 1 amide bonds. The average molecular weight is 240 g/mol. The van der Waals surface area contributed by atoms with Crippen molar-refractivity contribution >= 4 is 17.6 Å². The summed E-state index contributed by atoms with van der Waals surface area (Å²) in [6.07, 6.45) is 0. The van der Waals surface area contributed by atoms with E-state index in [1.54, 1.807) is 6.07 Å². The van der Waals surface area contributed by atoms with Gasteiger partial charge in [-0.15, -0.1) is 0 Å². The number of carbonyl (C=O) groups excluding carboxylic acids is 1. The predicted molar refractivity (Wildman–Crippen MR) is 61.5 cm³/mol. The number of halogens is 1. The van der Waals surface area contributed by atoms with Gasteiger partial charge in [0, 0.05) is 6.54 Å². The molecule has 0 atom stereocenters. The molecule has 7 heteroatoms.